The molecule has 0 radical (unpaired) electrons. The maximum absolute atomic E-state index is 11.8. The molecule has 0 spiro atoms. The molecule has 1 aromatic heterocycles. The Balaban J connectivity index is 2.01. The Hall–Kier alpha value is -1.26. The standard InChI is InChI=1S/C12H9BrClNO2/c13-10-4-2-1-3-9(10)12(16)15-7-8-5-6-11(14)17-8/h1-6H,7H2,(H,15,16). The minimum atomic E-state index is -0.162. The Bertz CT molecular complexity index is 539. The molecule has 0 aliphatic heterocycles. The smallest absolute Gasteiger partial charge is 0.252 e. The van der Waals surface area contributed by atoms with E-state index in [1.807, 2.05) is 18.2 Å². The van der Waals surface area contributed by atoms with Gasteiger partial charge in [0.15, 0.2) is 5.22 Å². The van der Waals surface area contributed by atoms with E-state index in [1.165, 1.54) is 0 Å². The molecule has 17 heavy (non-hydrogen) atoms. The molecular formula is C12H9BrClNO2. The van der Waals surface area contributed by atoms with Gasteiger partial charge in [0.25, 0.3) is 5.91 Å². The lowest BCUT2D eigenvalue weighted by Crippen LogP contribution is -2.22. The quantitative estimate of drug-likeness (QED) is 0.940. The van der Waals surface area contributed by atoms with Crippen molar-refractivity contribution in [1.29, 1.82) is 0 Å². The van der Waals surface area contributed by atoms with E-state index in [9.17, 15) is 4.79 Å². The highest BCUT2D eigenvalue weighted by molar-refractivity contribution is 9.10. The van der Waals surface area contributed by atoms with E-state index in [0.29, 0.717) is 23.1 Å². The van der Waals surface area contributed by atoms with E-state index in [1.54, 1.807) is 18.2 Å². The Kier molecular flexibility index (Phi) is 3.86. The van der Waals surface area contributed by atoms with E-state index < -0.39 is 0 Å². The fourth-order valence-corrected chi connectivity index (χ4v) is 1.98. The van der Waals surface area contributed by atoms with Crippen LogP contribution in [0.2, 0.25) is 5.22 Å². The largest absolute Gasteiger partial charge is 0.448 e. The maximum atomic E-state index is 11.8. The van der Waals surface area contributed by atoms with Gasteiger partial charge in [-0.15, -0.1) is 0 Å². The molecular weight excluding hydrogens is 305 g/mol. The average Bonchev–Trinajstić information content (AvgIpc) is 2.73. The lowest BCUT2D eigenvalue weighted by atomic mass is 10.2. The van der Waals surface area contributed by atoms with Crippen LogP contribution >= 0.6 is 27.5 Å². The summed E-state index contributed by atoms with van der Waals surface area (Å²) in [6.07, 6.45) is 0. The van der Waals surface area contributed by atoms with Crippen LogP contribution in [0, 0.1) is 0 Å². The number of rotatable bonds is 3. The summed E-state index contributed by atoms with van der Waals surface area (Å²) in [4.78, 5) is 11.8. The first-order valence-electron chi connectivity index (χ1n) is 4.94. The van der Waals surface area contributed by atoms with Gasteiger partial charge in [0.05, 0.1) is 12.1 Å². The normalized spacial score (nSPS) is 10.2. The number of nitrogens with one attached hydrogen (secondary N) is 1. The van der Waals surface area contributed by atoms with Crippen LogP contribution in [-0.4, -0.2) is 5.91 Å². The van der Waals surface area contributed by atoms with Crippen molar-refractivity contribution in [3.63, 3.8) is 0 Å². The first-order valence-corrected chi connectivity index (χ1v) is 6.11. The molecule has 1 N–H and O–H groups in total. The first kappa shape index (κ1) is 12.2. The number of furan rings is 1. The van der Waals surface area contributed by atoms with Gasteiger partial charge in [-0.25, -0.2) is 0 Å². The van der Waals surface area contributed by atoms with Crippen molar-refractivity contribution in [2.24, 2.45) is 0 Å². The van der Waals surface area contributed by atoms with E-state index in [-0.39, 0.29) is 5.91 Å². The average molecular weight is 315 g/mol. The summed E-state index contributed by atoms with van der Waals surface area (Å²) in [5.74, 6) is 0.459. The van der Waals surface area contributed by atoms with Crippen molar-refractivity contribution in [1.82, 2.24) is 5.32 Å². The van der Waals surface area contributed by atoms with Gasteiger partial charge in [-0.2, -0.15) is 0 Å². The minimum Gasteiger partial charge on any atom is -0.448 e. The zero-order chi connectivity index (χ0) is 12.3. The van der Waals surface area contributed by atoms with E-state index >= 15 is 0 Å². The van der Waals surface area contributed by atoms with Crippen LogP contribution in [0.15, 0.2) is 45.3 Å². The number of benzene rings is 1. The molecule has 88 valence electrons. The number of halogens is 2. The number of carbonyl (C=O) groups excluding carboxylic acids is 1. The summed E-state index contributed by atoms with van der Waals surface area (Å²) in [6, 6.07) is 10.6. The highest BCUT2D eigenvalue weighted by atomic mass is 79.9. The number of hydrogen-bond acceptors (Lipinski definition) is 2. The molecule has 1 heterocycles. The van der Waals surface area contributed by atoms with Gasteiger partial charge in [-0.1, -0.05) is 12.1 Å². The van der Waals surface area contributed by atoms with Crippen LogP contribution in [0.25, 0.3) is 0 Å². The van der Waals surface area contributed by atoms with E-state index in [0.717, 1.165) is 4.47 Å². The van der Waals surface area contributed by atoms with Gasteiger partial charge < -0.3 is 9.73 Å². The molecule has 0 aliphatic carbocycles. The summed E-state index contributed by atoms with van der Waals surface area (Å²) in [5.41, 5.74) is 0.588. The molecule has 2 rings (SSSR count). The second-order valence-electron chi connectivity index (χ2n) is 3.37. The second kappa shape index (κ2) is 5.38. The predicted octanol–water partition coefficient (Wildman–Crippen LogP) is 3.63. The van der Waals surface area contributed by atoms with Gasteiger partial charge in [-0.05, 0) is 51.8 Å². The number of amides is 1. The monoisotopic (exact) mass is 313 g/mol. The molecule has 0 bridgehead atoms. The summed E-state index contributed by atoms with van der Waals surface area (Å²) in [6.45, 7) is 0.312. The molecule has 0 saturated carbocycles. The van der Waals surface area contributed by atoms with Crippen LogP contribution in [-0.2, 0) is 6.54 Å². The lowest BCUT2D eigenvalue weighted by Gasteiger charge is -2.04. The van der Waals surface area contributed by atoms with Crippen LogP contribution in [0.3, 0.4) is 0 Å². The van der Waals surface area contributed by atoms with Crippen LogP contribution in [0.5, 0.6) is 0 Å². The maximum Gasteiger partial charge on any atom is 0.252 e. The summed E-state index contributed by atoms with van der Waals surface area (Å²) in [7, 11) is 0. The van der Waals surface area contributed by atoms with Crippen molar-refractivity contribution in [2.75, 3.05) is 0 Å². The number of hydrogen-bond donors (Lipinski definition) is 1. The Morgan fingerprint density at radius 1 is 1.29 bits per heavy atom. The van der Waals surface area contributed by atoms with Gasteiger partial charge in [-0.3, -0.25) is 4.79 Å². The zero-order valence-corrected chi connectivity index (χ0v) is 11.1. The Morgan fingerprint density at radius 2 is 2.06 bits per heavy atom. The molecule has 5 heteroatoms. The summed E-state index contributed by atoms with van der Waals surface area (Å²) >= 11 is 8.95. The van der Waals surface area contributed by atoms with Crippen molar-refractivity contribution < 1.29 is 9.21 Å². The summed E-state index contributed by atoms with van der Waals surface area (Å²) in [5, 5.41) is 3.06. The Morgan fingerprint density at radius 3 is 2.71 bits per heavy atom. The van der Waals surface area contributed by atoms with Crippen molar-refractivity contribution >= 4 is 33.4 Å². The number of carbonyl (C=O) groups is 1. The predicted molar refractivity (Wildman–Crippen MR) is 69.0 cm³/mol. The second-order valence-corrected chi connectivity index (χ2v) is 4.60. The van der Waals surface area contributed by atoms with Crippen LogP contribution < -0.4 is 5.32 Å². The summed E-state index contributed by atoms with van der Waals surface area (Å²) < 4.78 is 5.90. The fraction of sp³-hybridized carbons (Fsp3) is 0.0833. The minimum absolute atomic E-state index is 0.162. The highest BCUT2D eigenvalue weighted by Crippen LogP contribution is 2.16. The molecule has 3 nitrogen and oxygen atoms in total. The fourth-order valence-electron chi connectivity index (χ4n) is 1.35. The highest BCUT2D eigenvalue weighted by Gasteiger charge is 2.09. The topological polar surface area (TPSA) is 42.2 Å². The molecule has 0 fully saturated rings. The molecule has 1 aromatic carbocycles. The third-order valence-electron chi connectivity index (χ3n) is 2.17. The molecule has 0 unspecified atom stereocenters. The van der Waals surface area contributed by atoms with Crippen LogP contribution in [0.1, 0.15) is 16.1 Å². The molecule has 0 aliphatic rings. The first-order chi connectivity index (χ1) is 8.16. The Labute approximate surface area is 112 Å². The third-order valence-corrected chi connectivity index (χ3v) is 3.07. The lowest BCUT2D eigenvalue weighted by molar-refractivity contribution is 0.0947. The van der Waals surface area contributed by atoms with Crippen molar-refractivity contribution in [3.05, 3.63) is 57.4 Å². The van der Waals surface area contributed by atoms with E-state index in [4.69, 9.17) is 16.0 Å². The van der Waals surface area contributed by atoms with Gasteiger partial charge in [0.2, 0.25) is 0 Å². The molecule has 2 aromatic rings. The zero-order valence-electron chi connectivity index (χ0n) is 8.74. The molecule has 0 atom stereocenters. The van der Waals surface area contributed by atoms with Crippen molar-refractivity contribution in [2.45, 2.75) is 6.54 Å². The third kappa shape index (κ3) is 3.11. The van der Waals surface area contributed by atoms with Gasteiger partial charge in [0.1, 0.15) is 5.76 Å². The van der Waals surface area contributed by atoms with E-state index in [2.05, 4.69) is 21.2 Å². The van der Waals surface area contributed by atoms with Crippen molar-refractivity contribution in [3.8, 4) is 0 Å². The van der Waals surface area contributed by atoms with Gasteiger partial charge in [0, 0.05) is 4.47 Å². The molecule has 0 saturated heterocycles. The molecule has 1 amide bonds. The SMILES string of the molecule is O=C(NCc1ccc(Cl)o1)c1ccccc1Br. The van der Waals surface area contributed by atoms with Crippen LogP contribution in [0.4, 0.5) is 0 Å². The van der Waals surface area contributed by atoms with Gasteiger partial charge >= 0.3 is 0 Å².